The molecule has 3 aromatic carbocycles. The van der Waals surface area contributed by atoms with Gasteiger partial charge in [0.15, 0.2) is 11.6 Å². The van der Waals surface area contributed by atoms with Crippen molar-refractivity contribution in [3.8, 4) is 12.1 Å². The van der Waals surface area contributed by atoms with Gasteiger partial charge in [-0.25, -0.2) is 28.1 Å². The van der Waals surface area contributed by atoms with Crippen molar-refractivity contribution in [2.45, 2.75) is 305 Å². The Morgan fingerprint density at radius 2 is 0.974 bits per heavy atom. The quantitative estimate of drug-likeness (QED) is 0.00997. The third kappa shape index (κ3) is 27.9. The Bertz CT molecular complexity index is 4260. The second kappa shape index (κ2) is 47.3. The van der Waals surface area contributed by atoms with Gasteiger partial charge in [-0.15, -0.1) is 0 Å². The van der Waals surface area contributed by atoms with E-state index >= 15 is 0 Å². The largest absolute Gasteiger partial charge is 0.472 e. The number of aryl methyl sites for hydroxylation is 1. The number of aromatic nitrogens is 6. The molecule has 626 valence electrons. The summed E-state index contributed by atoms with van der Waals surface area (Å²) in [5, 5.41) is 75.6. The monoisotopic (exact) mass is 1640 g/mol. The molecule has 2 unspecified atom stereocenters. The van der Waals surface area contributed by atoms with Crippen molar-refractivity contribution in [3.05, 3.63) is 130 Å². The number of nitrogens with zero attached hydrogens (tertiary/aromatic N) is 9. The lowest BCUT2D eigenvalue weighted by atomic mass is 9.95. The molecule has 4 aromatic heterocycles. The minimum Gasteiger partial charge on any atom is -0.387 e. The number of fused-ring (bicyclic) bond motifs is 3. The van der Waals surface area contributed by atoms with Crippen LogP contribution >= 0.6 is 27.2 Å². The van der Waals surface area contributed by atoms with Crippen LogP contribution in [0.1, 0.15) is 271 Å². The van der Waals surface area contributed by atoms with Gasteiger partial charge in [0.2, 0.25) is 5.60 Å². The molecular formula is C84H122ClN11O16P2. The first kappa shape index (κ1) is 91.5. The topological polar surface area (TPSA) is 402 Å². The number of anilines is 2. The molecule has 7 aromatic rings. The van der Waals surface area contributed by atoms with Crippen molar-refractivity contribution < 1.29 is 76.4 Å². The smallest absolute Gasteiger partial charge is 0.387 e. The first-order valence-corrected chi connectivity index (χ1v) is 44.8. The lowest BCUT2D eigenvalue weighted by Gasteiger charge is -2.30. The SMILES string of the molecule is C=NC[C@]1(COP(=O)(O)OC[C@@H](CCCCCCCCCCCCCCCCCCc2ccc3cc(CO[C@@H](CCCCCCCCCCCCCCCCCC)COP(=O)(O)OC[C@@]4(C#N)O[C@@H](c5ccc6c(N)ncnn56)[C@H](O)[C@@H]4O)ccc3c2)OCc2cc(Cl)cc(C#N)c2)O[C@@H](c2ccc3c(N)ncnn23)[C@H](O)[C@@H]1O. The number of rotatable bonds is 58. The molecule has 0 amide bonds. The van der Waals surface area contributed by atoms with E-state index in [-0.39, 0.29) is 50.3 Å². The van der Waals surface area contributed by atoms with Crippen molar-refractivity contribution in [1.82, 2.24) is 29.2 Å². The van der Waals surface area contributed by atoms with E-state index in [9.17, 15) is 49.9 Å². The van der Waals surface area contributed by atoms with Crippen LogP contribution in [0.3, 0.4) is 0 Å². The molecule has 0 bridgehead atoms. The summed E-state index contributed by atoms with van der Waals surface area (Å²) in [6.07, 6.45) is 32.7. The second-order valence-electron chi connectivity index (χ2n) is 31.0. The number of nitriles is 2. The number of nitrogens with two attached hydrogens (primary N) is 2. The number of unbranched alkanes of at least 4 members (excludes halogenated alkanes) is 30. The number of phosphoric acid groups is 2. The summed E-state index contributed by atoms with van der Waals surface area (Å²) >= 11 is 6.28. The van der Waals surface area contributed by atoms with Crippen LogP contribution in [0.5, 0.6) is 0 Å². The van der Waals surface area contributed by atoms with Gasteiger partial charge in [-0.3, -0.25) is 23.1 Å². The predicted octanol–water partition coefficient (Wildman–Crippen LogP) is 16.9. The summed E-state index contributed by atoms with van der Waals surface area (Å²) in [5.41, 5.74) is 12.8. The van der Waals surface area contributed by atoms with Crippen molar-refractivity contribution in [2.24, 2.45) is 4.99 Å². The number of aliphatic imine (C=N–C) groups is 1. The van der Waals surface area contributed by atoms with Crippen LogP contribution < -0.4 is 11.5 Å². The molecule has 2 fully saturated rings. The van der Waals surface area contributed by atoms with E-state index in [0.29, 0.717) is 45.7 Å². The van der Waals surface area contributed by atoms with Crippen LogP contribution in [0.4, 0.5) is 11.6 Å². The Labute approximate surface area is 676 Å². The maximum absolute atomic E-state index is 13.5. The maximum Gasteiger partial charge on any atom is 0.472 e. The highest BCUT2D eigenvalue weighted by Crippen LogP contribution is 2.50. The van der Waals surface area contributed by atoms with E-state index in [4.69, 9.17) is 60.1 Å². The number of hydrogen-bond acceptors (Lipinski definition) is 23. The Morgan fingerprint density at radius 3 is 1.45 bits per heavy atom. The summed E-state index contributed by atoms with van der Waals surface area (Å²) < 4.78 is 76.6. The van der Waals surface area contributed by atoms with Gasteiger partial charge in [0.25, 0.3) is 0 Å². The highest BCUT2D eigenvalue weighted by Gasteiger charge is 2.58. The number of ether oxygens (including phenoxy) is 4. The van der Waals surface area contributed by atoms with Gasteiger partial charge in [-0.2, -0.15) is 20.7 Å². The van der Waals surface area contributed by atoms with Crippen LogP contribution in [0.15, 0.2) is 96.5 Å². The van der Waals surface area contributed by atoms with E-state index in [0.717, 1.165) is 87.0 Å². The summed E-state index contributed by atoms with van der Waals surface area (Å²) in [7, 11) is -9.68. The van der Waals surface area contributed by atoms with Gasteiger partial charge in [0.1, 0.15) is 78.6 Å². The van der Waals surface area contributed by atoms with Gasteiger partial charge in [0.05, 0.1) is 74.8 Å². The fraction of sp³-hybridized carbons (Fsp3) is 0.631. The number of aliphatic hydroxyl groups is 4. The molecule has 2 aliphatic heterocycles. The number of aliphatic hydroxyl groups excluding tert-OH is 4. The van der Waals surface area contributed by atoms with E-state index in [2.05, 4.69) is 81.3 Å². The second-order valence-corrected chi connectivity index (χ2v) is 34.3. The van der Waals surface area contributed by atoms with Gasteiger partial charge in [-0.05, 0) is 108 Å². The van der Waals surface area contributed by atoms with Crippen molar-refractivity contribution in [2.75, 3.05) is 44.4 Å². The fourth-order valence-electron chi connectivity index (χ4n) is 15.4. The molecule has 114 heavy (non-hydrogen) atoms. The molecule has 2 aliphatic rings. The highest BCUT2D eigenvalue weighted by molar-refractivity contribution is 7.47. The number of hydrogen-bond donors (Lipinski definition) is 8. The summed E-state index contributed by atoms with van der Waals surface area (Å²) in [6, 6.07) is 28.3. The Hall–Kier alpha value is -6.40. The predicted molar refractivity (Wildman–Crippen MR) is 439 cm³/mol. The van der Waals surface area contributed by atoms with Crippen LogP contribution in [0.25, 0.3) is 21.8 Å². The third-order valence-electron chi connectivity index (χ3n) is 22.1. The van der Waals surface area contributed by atoms with E-state index in [1.807, 2.05) is 6.07 Å². The number of nitrogen functional groups attached to an aromatic ring is 2. The van der Waals surface area contributed by atoms with Crippen molar-refractivity contribution in [3.63, 3.8) is 0 Å². The number of phosphoric ester groups is 2. The highest BCUT2D eigenvalue weighted by atomic mass is 35.5. The van der Waals surface area contributed by atoms with Gasteiger partial charge in [-0.1, -0.05) is 248 Å². The molecule has 2 saturated heterocycles. The van der Waals surface area contributed by atoms with Crippen molar-refractivity contribution in [1.29, 1.82) is 10.5 Å². The minimum atomic E-state index is -4.86. The van der Waals surface area contributed by atoms with E-state index < -0.39 is 88.9 Å². The standard InChI is InChI=1S/C84H122ClN11O16P2/c1-3-4-5-6-7-8-9-10-11-15-18-21-24-27-30-33-36-69(54-107-113(101,102)109-58-83(56-87)79(99)75(97)77(111-83)71-42-44-73-81(88)91-60-93-95(71)73)105-52-63-39-41-66-47-62(38-40-67(66)48-63)35-32-29-26-23-20-17-14-12-13-16-19-22-25-28-31-34-37-70(106-53-65-46-64(51-86)49-68(85)50-65)55-108-114(103,104)110-59-84(57-90-2)80(100)76(98)78(112-84)72-43-45-74-82(89)92-61-94-96(72)74/h38-50,60-61,69-70,75-80,97-100H,2-37,52-55,57-59H2,1H3,(H,101,102)(H,103,104)(H2,88,91,93)(H2,89,92,94)/t69-,70+,75-,76-,77-,78-,79-,80-,83+,84+/m0/s1. The molecular weight excluding hydrogens is 1520 g/mol. The summed E-state index contributed by atoms with van der Waals surface area (Å²) in [6.45, 7) is 3.68. The minimum absolute atomic E-state index is 0.0737. The fourth-order valence-corrected chi connectivity index (χ4v) is 17.2. The van der Waals surface area contributed by atoms with E-state index in [1.165, 1.54) is 169 Å². The molecule has 6 heterocycles. The third-order valence-corrected chi connectivity index (χ3v) is 24.1. The zero-order valence-electron chi connectivity index (χ0n) is 66.4. The van der Waals surface area contributed by atoms with Crippen LogP contribution in [0.2, 0.25) is 5.02 Å². The van der Waals surface area contributed by atoms with Crippen LogP contribution in [-0.4, -0.2) is 147 Å². The summed E-state index contributed by atoms with van der Waals surface area (Å²) in [4.78, 5) is 33.9. The Kier molecular flexibility index (Phi) is 37.9. The zero-order chi connectivity index (χ0) is 81.2. The molecule has 0 saturated carbocycles. The molecule has 30 heteroatoms. The van der Waals surface area contributed by atoms with Crippen molar-refractivity contribution >= 4 is 67.4 Å². The Balaban J connectivity index is 0.631. The van der Waals surface area contributed by atoms with E-state index in [1.54, 1.807) is 42.5 Å². The van der Waals surface area contributed by atoms with Crippen LogP contribution in [0, 0.1) is 22.7 Å². The molecule has 0 radical (unpaired) electrons. The molecule has 12 atom stereocenters. The number of halogens is 1. The first-order valence-electron chi connectivity index (χ1n) is 41.5. The maximum atomic E-state index is 13.5. The molecule has 9 rings (SSSR count). The zero-order valence-corrected chi connectivity index (χ0v) is 68.9. The van der Waals surface area contributed by atoms with Gasteiger partial charge < -0.3 is 60.6 Å². The Morgan fingerprint density at radius 1 is 0.544 bits per heavy atom. The lowest BCUT2D eigenvalue weighted by Crippen LogP contribution is -2.49. The molecule has 27 nitrogen and oxygen atoms in total. The summed E-state index contributed by atoms with van der Waals surface area (Å²) in [5.74, 6) is 0.367. The average Bonchev–Trinajstić information content (AvgIpc) is 1.60. The molecule has 10 N–H and O–H groups in total. The average molecular weight is 1640 g/mol. The first-order chi connectivity index (χ1) is 55.2. The number of benzene rings is 3. The normalized spacial score (nSPS) is 21.3. The molecule has 0 aliphatic carbocycles. The molecule has 0 spiro atoms. The lowest BCUT2D eigenvalue weighted by molar-refractivity contribution is -0.106. The van der Waals surface area contributed by atoms with Gasteiger partial charge in [0, 0.05) is 5.02 Å². The van der Waals surface area contributed by atoms with Gasteiger partial charge >= 0.3 is 15.6 Å². The van der Waals surface area contributed by atoms with Crippen LogP contribution in [-0.2, 0) is 65.8 Å².